The Bertz CT molecular complexity index is 401. The summed E-state index contributed by atoms with van der Waals surface area (Å²) < 4.78 is 0. The normalized spacial score (nSPS) is 31.4. The van der Waals surface area contributed by atoms with Gasteiger partial charge >= 0.3 is 0 Å². The fourth-order valence-corrected chi connectivity index (χ4v) is 3.91. The van der Waals surface area contributed by atoms with E-state index in [9.17, 15) is 0 Å². The standard InChI is InChI=1S/C17H23N/c1-2-12-18-14-16-8-10-17(18,11-9-16)13-15-6-4-3-5-7-15/h2-7,16H,1,8-14H2. The topological polar surface area (TPSA) is 3.24 Å². The predicted molar refractivity (Wildman–Crippen MR) is 76.6 cm³/mol. The van der Waals surface area contributed by atoms with Crippen LogP contribution in [-0.2, 0) is 6.42 Å². The number of rotatable bonds is 4. The maximum absolute atomic E-state index is 3.93. The summed E-state index contributed by atoms with van der Waals surface area (Å²) in [7, 11) is 0. The van der Waals surface area contributed by atoms with E-state index in [1.165, 1.54) is 44.2 Å². The molecule has 1 nitrogen and oxygen atoms in total. The largest absolute Gasteiger partial charge is 0.293 e. The molecule has 1 aliphatic carbocycles. The van der Waals surface area contributed by atoms with E-state index in [2.05, 4.69) is 47.9 Å². The molecular formula is C17H23N. The van der Waals surface area contributed by atoms with Crippen LogP contribution in [0.15, 0.2) is 43.0 Å². The highest BCUT2D eigenvalue weighted by Crippen LogP contribution is 2.44. The fourth-order valence-electron chi connectivity index (χ4n) is 3.91. The molecule has 0 radical (unpaired) electrons. The Morgan fingerprint density at radius 2 is 1.94 bits per heavy atom. The highest BCUT2D eigenvalue weighted by molar-refractivity contribution is 5.19. The minimum atomic E-state index is 0.421. The maximum Gasteiger partial charge on any atom is 0.0253 e. The second-order valence-corrected chi connectivity index (χ2v) is 6.02. The Labute approximate surface area is 111 Å². The number of piperidine rings is 2. The Morgan fingerprint density at radius 1 is 1.22 bits per heavy atom. The molecule has 3 fully saturated rings. The van der Waals surface area contributed by atoms with E-state index in [4.69, 9.17) is 0 Å². The highest BCUT2D eigenvalue weighted by atomic mass is 15.2. The minimum Gasteiger partial charge on any atom is -0.293 e. The summed E-state index contributed by atoms with van der Waals surface area (Å²) in [6.07, 6.45) is 8.91. The van der Waals surface area contributed by atoms with E-state index in [1.807, 2.05) is 0 Å². The van der Waals surface area contributed by atoms with Crippen LogP contribution in [0, 0.1) is 5.92 Å². The van der Waals surface area contributed by atoms with E-state index in [0.29, 0.717) is 5.54 Å². The lowest BCUT2D eigenvalue weighted by Gasteiger charge is -2.55. The molecule has 1 aromatic carbocycles. The average molecular weight is 241 g/mol. The van der Waals surface area contributed by atoms with E-state index in [-0.39, 0.29) is 0 Å². The molecule has 0 atom stereocenters. The SMILES string of the molecule is C=CCN1CC2CCC1(Cc1ccccc1)CC2. The van der Waals surface area contributed by atoms with Gasteiger partial charge in [0, 0.05) is 18.6 Å². The summed E-state index contributed by atoms with van der Waals surface area (Å²) in [5, 5.41) is 0. The number of hydrogen-bond donors (Lipinski definition) is 0. The van der Waals surface area contributed by atoms with Crippen LogP contribution in [0.1, 0.15) is 31.2 Å². The molecule has 0 amide bonds. The molecular weight excluding hydrogens is 218 g/mol. The van der Waals surface area contributed by atoms with Gasteiger partial charge in [-0.1, -0.05) is 36.4 Å². The van der Waals surface area contributed by atoms with Crippen molar-refractivity contribution in [1.29, 1.82) is 0 Å². The van der Waals surface area contributed by atoms with Crippen molar-refractivity contribution >= 4 is 0 Å². The third-order valence-electron chi connectivity index (χ3n) is 4.91. The molecule has 0 N–H and O–H groups in total. The molecule has 2 saturated heterocycles. The van der Waals surface area contributed by atoms with E-state index in [1.54, 1.807) is 0 Å². The van der Waals surface area contributed by atoms with Gasteiger partial charge in [-0.2, -0.15) is 0 Å². The molecule has 2 aliphatic heterocycles. The van der Waals surface area contributed by atoms with Crippen molar-refractivity contribution in [3.63, 3.8) is 0 Å². The predicted octanol–water partition coefficient (Wildman–Crippen LogP) is 3.66. The smallest absolute Gasteiger partial charge is 0.0253 e. The van der Waals surface area contributed by atoms with Gasteiger partial charge in [0.1, 0.15) is 0 Å². The first-order valence-electron chi connectivity index (χ1n) is 7.22. The van der Waals surface area contributed by atoms with Crippen LogP contribution in [0.3, 0.4) is 0 Å². The van der Waals surface area contributed by atoms with Crippen molar-refractivity contribution in [1.82, 2.24) is 4.90 Å². The molecule has 96 valence electrons. The first kappa shape index (κ1) is 12.0. The minimum absolute atomic E-state index is 0.421. The fraction of sp³-hybridized carbons (Fsp3) is 0.529. The molecule has 1 saturated carbocycles. The lowest BCUT2D eigenvalue weighted by molar-refractivity contribution is -0.0263. The Balaban J connectivity index is 1.83. The molecule has 2 heterocycles. The van der Waals surface area contributed by atoms with Crippen molar-refractivity contribution in [2.75, 3.05) is 13.1 Å². The van der Waals surface area contributed by atoms with Crippen LogP contribution in [0.4, 0.5) is 0 Å². The molecule has 1 heteroatoms. The van der Waals surface area contributed by atoms with Crippen LogP contribution in [0.2, 0.25) is 0 Å². The van der Waals surface area contributed by atoms with Gasteiger partial charge in [-0.3, -0.25) is 4.90 Å². The van der Waals surface area contributed by atoms with Gasteiger partial charge < -0.3 is 0 Å². The van der Waals surface area contributed by atoms with Gasteiger partial charge in [0.15, 0.2) is 0 Å². The van der Waals surface area contributed by atoms with Gasteiger partial charge in [-0.25, -0.2) is 0 Å². The Morgan fingerprint density at radius 3 is 2.61 bits per heavy atom. The quantitative estimate of drug-likeness (QED) is 0.727. The van der Waals surface area contributed by atoms with Crippen molar-refractivity contribution < 1.29 is 0 Å². The zero-order chi connectivity index (χ0) is 12.4. The Kier molecular flexibility index (Phi) is 3.25. The van der Waals surface area contributed by atoms with Gasteiger partial charge in [0.05, 0.1) is 0 Å². The second-order valence-electron chi connectivity index (χ2n) is 6.02. The summed E-state index contributed by atoms with van der Waals surface area (Å²) >= 11 is 0. The number of fused-ring (bicyclic) bond motifs is 3. The molecule has 1 aromatic rings. The van der Waals surface area contributed by atoms with Crippen molar-refractivity contribution in [2.24, 2.45) is 5.92 Å². The number of hydrogen-bond acceptors (Lipinski definition) is 1. The van der Waals surface area contributed by atoms with Gasteiger partial charge in [-0.15, -0.1) is 6.58 Å². The third-order valence-corrected chi connectivity index (χ3v) is 4.91. The van der Waals surface area contributed by atoms with Crippen LogP contribution in [-0.4, -0.2) is 23.5 Å². The second kappa shape index (κ2) is 4.89. The first-order valence-corrected chi connectivity index (χ1v) is 7.22. The number of benzene rings is 1. The van der Waals surface area contributed by atoms with Gasteiger partial charge in [0.25, 0.3) is 0 Å². The monoisotopic (exact) mass is 241 g/mol. The average Bonchev–Trinajstić information content (AvgIpc) is 2.42. The van der Waals surface area contributed by atoms with Crippen molar-refractivity contribution in [3.05, 3.63) is 48.6 Å². The maximum atomic E-state index is 3.93. The molecule has 18 heavy (non-hydrogen) atoms. The molecule has 2 bridgehead atoms. The van der Waals surface area contributed by atoms with E-state index >= 15 is 0 Å². The van der Waals surface area contributed by atoms with Crippen LogP contribution >= 0.6 is 0 Å². The first-order chi connectivity index (χ1) is 8.82. The molecule has 0 spiro atoms. The van der Waals surface area contributed by atoms with E-state index in [0.717, 1.165) is 12.5 Å². The summed E-state index contributed by atoms with van der Waals surface area (Å²) in [5.41, 5.74) is 1.91. The van der Waals surface area contributed by atoms with Gasteiger partial charge in [0.2, 0.25) is 0 Å². The highest BCUT2D eigenvalue weighted by Gasteiger charge is 2.45. The summed E-state index contributed by atoms with van der Waals surface area (Å²) in [5.74, 6) is 0.947. The van der Waals surface area contributed by atoms with Crippen LogP contribution < -0.4 is 0 Å². The zero-order valence-electron chi connectivity index (χ0n) is 11.1. The third kappa shape index (κ3) is 2.12. The zero-order valence-corrected chi connectivity index (χ0v) is 11.1. The van der Waals surface area contributed by atoms with Crippen LogP contribution in [0.25, 0.3) is 0 Å². The molecule has 3 aliphatic rings. The number of nitrogens with zero attached hydrogens (tertiary/aromatic N) is 1. The molecule has 0 unspecified atom stereocenters. The van der Waals surface area contributed by atoms with Crippen LogP contribution in [0.5, 0.6) is 0 Å². The van der Waals surface area contributed by atoms with E-state index < -0.39 is 0 Å². The summed E-state index contributed by atoms with van der Waals surface area (Å²) in [4.78, 5) is 2.70. The molecule has 0 aromatic heterocycles. The lowest BCUT2D eigenvalue weighted by Crippen LogP contribution is -2.59. The van der Waals surface area contributed by atoms with Gasteiger partial charge in [-0.05, 0) is 43.6 Å². The molecule has 4 rings (SSSR count). The summed E-state index contributed by atoms with van der Waals surface area (Å²) in [6.45, 7) is 6.28. The Hall–Kier alpha value is -1.08. The van der Waals surface area contributed by atoms with Crippen molar-refractivity contribution in [3.8, 4) is 0 Å². The lowest BCUT2D eigenvalue weighted by atomic mass is 9.68. The van der Waals surface area contributed by atoms with Crippen molar-refractivity contribution in [2.45, 2.75) is 37.6 Å². The summed E-state index contributed by atoms with van der Waals surface area (Å²) in [6, 6.07) is 11.0.